The summed E-state index contributed by atoms with van der Waals surface area (Å²) in [6.07, 6.45) is 1.14. The minimum absolute atomic E-state index is 0.0881. The molecule has 150 valence electrons. The van der Waals surface area contributed by atoms with Gasteiger partial charge in [-0.1, -0.05) is 35.3 Å². The molecule has 0 aliphatic carbocycles. The molecule has 1 amide bonds. The van der Waals surface area contributed by atoms with Gasteiger partial charge in [-0.3, -0.25) is 4.79 Å². The summed E-state index contributed by atoms with van der Waals surface area (Å²) in [5, 5.41) is 3.30. The molecule has 0 radical (unpaired) electrons. The molecule has 3 rings (SSSR count). The zero-order valence-electron chi connectivity index (χ0n) is 14.9. The lowest BCUT2D eigenvalue weighted by Crippen LogP contribution is -2.44. The highest BCUT2D eigenvalue weighted by molar-refractivity contribution is 7.88. The van der Waals surface area contributed by atoms with E-state index in [1.165, 1.54) is 28.6 Å². The Morgan fingerprint density at radius 1 is 1.18 bits per heavy atom. The Bertz CT molecular complexity index is 985. The van der Waals surface area contributed by atoms with Gasteiger partial charge in [-0.05, 0) is 48.7 Å². The van der Waals surface area contributed by atoms with Gasteiger partial charge in [0.2, 0.25) is 15.9 Å². The maximum Gasteiger partial charge on any atom is 0.228 e. The van der Waals surface area contributed by atoms with Gasteiger partial charge in [-0.2, -0.15) is 0 Å². The molecule has 1 N–H and O–H groups in total. The number of nitrogens with zero attached hydrogens (tertiary/aromatic N) is 1. The third-order valence-corrected chi connectivity index (χ3v) is 7.13. The largest absolute Gasteiger partial charge is 0.326 e. The molecule has 9 heteroatoms. The molecule has 1 heterocycles. The van der Waals surface area contributed by atoms with Crippen molar-refractivity contribution in [3.63, 3.8) is 0 Å². The fourth-order valence-corrected chi connectivity index (χ4v) is 5.07. The highest BCUT2D eigenvalue weighted by Crippen LogP contribution is 2.26. The first kappa shape index (κ1) is 21.0. The van der Waals surface area contributed by atoms with Gasteiger partial charge in [0.25, 0.3) is 0 Å². The van der Waals surface area contributed by atoms with E-state index >= 15 is 0 Å². The van der Waals surface area contributed by atoms with E-state index in [1.807, 2.05) is 0 Å². The van der Waals surface area contributed by atoms with Gasteiger partial charge in [0.05, 0.1) is 21.7 Å². The number of rotatable bonds is 5. The van der Waals surface area contributed by atoms with Crippen LogP contribution in [0.3, 0.4) is 0 Å². The molecule has 2 aromatic carbocycles. The summed E-state index contributed by atoms with van der Waals surface area (Å²) in [6, 6.07) is 10.3. The fourth-order valence-electron chi connectivity index (χ4n) is 3.15. The minimum atomic E-state index is -3.62. The molecule has 2 aromatic rings. The molecule has 1 aliphatic rings. The summed E-state index contributed by atoms with van der Waals surface area (Å²) >= 11 is 11.8. The van der Waals surface area contributed by atoms with E-state index in [0.29, 0.717) is 40.7 Å². The lowest BCUT2D eigenvalue weighted by atomic mass is 9.99. The summed E-state index contributed by atoms with van der Waals surface area (Å²) in [5.74, 6) is -1.49. The summed E-state index contributed by atoms with van der Waals surface area (Å²) in [6.45, 7) is 0.443. The molecule has 5 nitrogen and oxygen atoms in total. The predicted octanol–water partition coefficient (Wildman–Crippen LogP) is 4.31. The van der Waals surface area contributed by atoms with Gasteiger partial charge >= 0.3 is 0 Å². The Morgan fingerprint density at radius 3 is 2.68 bits per heavy atom. The van der Waals surface area contributed by atoms with Crippen LogP contribution in [0.2, 0.25) is 10.0 Å². The van der Waals surface area contributed by atoms with Crippen LogP contribution in [-0.2, 0) is 20.6 Å². The third-order valence-electron chi connectivity index (χ3n) is 4.57. The van der Waals surface area contributed by atoms with Crippen molar-refractivity contribution in [3.05, 3.63) is 63.9 Å². The Kier molecular flexibility index (Phi) is 6.60. The molecule has 0 spiro atoms. The molecule has 28 heavy (non-hydrogen) atoms. The van der Waals surface area contributed by atoms with E-state index < -0.39 is 21.8 Å². The molecule has 1 unspecified atom stereocenters. The van der Waals surface area contributed by atoms with E-state index in [4.69, 9.17) is 23.2 Å². The van der Waals surface area contributed by atoms with Crippen molar-refractivity contribution < 1.29 is 17.6 Å². The topological polar surface area (TPSA) is 66.5 Å². The fraction of sp³-hybridized carbons (Fsp3) is 0.316. The molecule has 1 fully saturated rings. The molecule has 0 bridgehead atoms. The molecule has 0 saturated carbocycles. The maximum absolute atomic E-state index is 13.3. The maximum atomic E-state index is 13.3. The highest BCUT2D eigenvalue weighted by Gasteiger charge is 2.32. The molecular weight excluding hydrogens is 426 g/mol. The number of halogens is 3. The van der Waals surface area contributed by atoms with Crippen LogP contribution in [0.15, 0.2) is 42.5 Å². The second-order valence-electron chi connectivity index (χ2n) is 6.70. The van der Waals surface area contributed by atoms with Gasteiger partial charge in [0.1, 0.15) is 5.82 Å². The molecule has 1 aliphatic heterocycles. The number of amides is 1. The minimum Gasteiger partial charge on any atom is -0.326 e. The number of carbonyl (C=O) groups excluding carboxylic acids is 1. The van der Waals surface area contributed by atoms with Gasteiger partial charge in [0.15, 0.2) is 0 Å². The van der Waals surface area contributed by atoms with E-state index in [1.54, 1.807) is 18.2 Å². The Balaban J connectivity index is 1.67. The van der Waals surface area contributed by atoms with Gasteiger partial charge < -0.3 is 5.32 Å². The van der Waals surface area contributed by atoms with Crippen LogP contribution in [0.5, 0.6) is 0 Å². The molecule has 1 atom stereocenters. The standard InChI is InChI=1S/C19H19Cl2FN2O3S/c20-17-7-6-13(9-18(17)21)12-28(26,27)24-8-2-3-14(11-24)19(25)23-16-5-1-4-15(22)10-16/h1,4-7,9-10,14H,2-3,8,11-12H2,(H,23,25). The zero-order valence-corrected chi connectivity index (χ0v) is 17.2. The SMILES string of the molecule is O=C(Nc1cccc(F)c1)C1CCCN(S(=O)(=O)Cc2ccc(Cl)c(Cl)c2)C1. The van der Waals surface area contributed by atoms with Crippen LogP contribution < -0.4 is 5.32 Å². The van der Waals surface area contributed by atoms with Crippen molar-refractivity contribution in [1.29, 1.82) is 0 Å². The number of benzene rings is 2. The Hall–Kier alpha value is -1.67. The van der Waals surface area contributed by atoms with Crippen LogP contribution in [-0.4, -0.2) is 31.7 Å². The van der Waals surface area contributed by atoms with E-state index in [0.717, 1.165) is 0 Å². The van der Waals surface area contributed by atoms with Crippen molar-refractivity contribution in [1.82, 2.24) is 4.31 Å². The third kappa shape index (κ3) is 5.23. The van der Waals surface area contributed by atoms with Crippen molar-refractivity contribution >= 4 is 44.8 Å². The molecular formula is C19H19Cl2FN2O3S. The normalized spacial score (nSPS) is 18.0. The van der Waals surface area contributed by atoms with Crippen LogP contribution in [0.25, 0.3) is 0 Å². The number of hydrogen-bond donors (Lipinski definition) is 1. The number of anilines is 1. The summed E-state index contributed by atoms with van der Waals surface area (Å²) < 4.78 is 40.2. The summed E-state index contributed by atoms with van der Waals surface area (Å²) in [7, 11) is -3.62. The zero-order chi connectivity index (χ0) is 20.3. The van der Waals surface area contributed by atoms with Crippen molar-refractivity contribution in [2.75, 3.05) is 18.4 Å². The first-order chi connectivity index (χ1) is 13.2. The number of nitrogens with one attached hydrogen (secondary N) is 1. The van der Waals surface area contributed by atoms with Gasteiger partial charge in [-0.15, -0.1) is 0 Å². The van der Waals surface area contributed by atoms with Crippen molar-refractivity contribution in [2.24, 2.45) is 5.92 Å². The van der Waals surface area contributed by atoms with E-state index in [2.05, 4.69) is 5.32 Å². The van der Waals surface area contributed by atoms with Gasteiger partial charge in [0, 0.05) is 18.8 Å². The number of piperidine rings is 1. The lowest BCUT2D eigenvalue weighted by Gasteiger charge is -2.31. The molecule has 0 aromatic heterocycles. The van der Waals surface area contributed by atoms with Crippen molar-refractivity contribution in [2.45, 2.75) is 18.6 Å². The number of carbonyl (C=O) groups is 1. The summed E-state index contributed by atoms with van der Waals surface area (Å²) in [4.78, 5) is 12.5. The quantitative estimate of drug-likeness (QED) is 0.746. The number of sulfonamides is 1. The van der Waals surface area contributed by atoms with E-state index in [9.17, 15) is 17.6 Å². The van der Waals surface area contributed by atoms with Crippen molar-refractivity contribution in [3.8, 4) is 0 Å². The summed E-state index contributed by atoms with van der Waals surface area (Å²) in [5.41, 5.74) is 0.876. The second kappa shape index (κ2) is 8.78. The van der Waals surface area contributed by atoms with Crippen LogP contribution in [0, 0.1) is 11.7 Å². The first-order valence-electron chi connectivity index (χ1n) is 8.73. The second-order valence-corrected chi connectivity index (χ2v) is 9.48. The average molecular weight is 445 g/mol. The van der Waals surface area contributed by atoms with Crippen LogP contribution >= 0.6 is 23.2 Å². The highest BCUT2D eigenvalue weighted by atomic mass is 35.5. The lowest BCUT2D eigenvalue weighted by molar-refractivity contribution is -0.120. The predicted molar refractivity (Wildman–Crippen MR) is 108 cm³/mol. The first-order valence-corrected chi connectivity index (χ1v) is 11.1. The molecule has 1 saturated heterocycles. The average Bonchev–Trinajstić information content (AvgIpc) is 2.65. The Morgan fingerprint density at radius 2 is 1.96 bits per heavy atom. The van der Waals surface area contributed by atoms with Crippen LogP contribution in [0.1, 0.15) is 18.4 Å². The van der Waals surface area contributed by atoms with E-state index in [-0.39, 0.29) is 18.2 Å². The van der Waals surface area contributed by atoms with Crippen LogP contribution in [0.4, 0.5) is 10.1 Å². The Labute approximate surface area is 173 Å². The monoisotopic (exact) mass is 444 g/mol. The van der Waals surface area contributed by atoms with Gasteiger partial charge in [-0.25, -0.2) is 17.1 Å². The number of hydrogen-bond acceptors (Lipinski definition) is 3. The smallest absolute Gasteiger partial charge is 0.228 e.